The number of hydrogen-bond acceptors (Lipinski definition) is 2. The Labute approximate surface area is 105 Å². The summed E-state index contributed by atoms with van der Waals surface area (Å²) in [5.74, 6) is 0. The van der Waals surface area contributed by atoms with Crippen LogP contribution in [0.25, 0.3) is 0 Å². The summed E-state index contributed by atoms with van der Waals surface area (Å²) in [6, 6.07) is 1.62. The second-order valence-corrected chi connectivity index (χ2v) is 7.63. The average Bonchev–Trinajstić information content (AvgIpc) is 2.64. The maximum atomic E-state index is 3.92. The maximum absolute atomic E-state index is 3.92. The first kappa shape index (κ1) is 12.8. The van der Waals surface area contributed by atoms with E-state index in [1.807, 2.05) is 0 Å². The Balaban J connectivity index is 1.77. The lowest BCUT2D eigenvalue weighted by Gasteiger charge is -2.37. The monoisotopic (exact) mass is 241 g/mol. The molecule has 0 heterocycles. The summed E-state index contributed by atoms with van der Waals surface area (Å²) in [7, 11) is 0. The highest BCUT2D eigenvalue weighted by Gasteiger charge is 2.31. The normalized spacial score (nSPS) is 38.8. The summed E-state index contributed by atoms with van der Waals surface area (Å²) in [4.78, 5) is 0. The molecule has 0 radical (unpaired) electrons. The minimum absolute atomic E-state index is 0.577. The van der Waals surface area contributed by atoms with Crippen molar-refractivity contribution < 1.29 is 0 Å². The van der Waals surface area contributed by atoms with Gasteiger partial charge in [-0.2, -0.15) is 11.8 Å². The van der Waals surface area contributed by atoms with Crippen LogP contribution in [-0.2, 0) is 0 Å². The Morgan fingerprint density at radius 2 is 1.94 bits per heavy atom. The van der Waals surface area contributed by atoms with Gasteiger partial charge in [-0.3, -0.25) is 0 Å². The van der Waals surface area contributed by atoms with Crippen LogP contribution in [0, 0.1) is 5.41 Å². The molecule has 0 saturated heterocycles. The molecule has 2 heteroatoms. The lowest BCUT2D eigenvalue weighted by atomic mass is 9.75. The molecule has 2 aliphatic carbocycles. The van der Waals surface area contributed by atoms with Gasteiger partial charge in [0.05, 0.1) is 0 Å². The van der Waals surface area contributed by atoms with Crippen molar-refractivity contribution in [2.45, 2.75) is 76.1 Å². The maximum Gasteiger partial charge on any atom is 0.00805 e. The lowest BCUT2D eigenvalue weighted by molar-refractivity contribution is 0.189. The minimum atomic E-state index is 0.577. The van der Waals surface area contributed by atoms with Crippen molar-refractivity contribution in [3.05, 3.63) is 0 Å². The number of rotatable bonds is 3. The largest absolute Gasteiger partial charge is 0.311 e. The van der Waals surface area contributed by atoms with Gasteiger partial charge in [-0.15, -0.1) is 0 Å². The van der Waals surface area contributed by atoms with E-state index in [2.05, 4.69) is 37.2 Å². The fourth-order valence-electron chi connectivity index (χ4n) is 3.48. The molecule has 1 nitrogen and oxygen atoms in total. The van der Waals surface area contributed by atoms with E-state index in [1.54, 1.807) is 0 Å². The summed E-state index contributed by atoms with van der Waals surface area (Å²) in [6.45, 7) is 4.86. The van der Waals surface area contributed by atoms with Crippen molar-refractivity contribution in [1.29, 1.82) is 0 Å². The molecule has 1 N–H and O–H groups in total. The van der Waals surface area contributed by atoms with E-state index < -0.39 is 0 Å². The molecule has 0 aromatic carbocycles. The molecule has 94 valence electrons. The minimum Gasteiger partial charge on any atom is -0.311 e. The highest BCUT2D eigenvalue weighted by Crippen LogP contribution is 2.36. The van der Waals surface area contributed by atoms with Crippen molar-refractivity contribution in [3.8, 4) is 0 Å². The first-order valence-electron chi connectivity index (χ1n) is 6.88. The van der Waals surface area contributed by atoms with Crippen molar-refractivity contribution in [2.75, 3.05) is 6.26 Å². The Kier molecular flexibility index (Phi) is 4.23. The molecule has 2 fully saturated rings. The quantitative estimate of drug-likeness (QED) is 0.806. The predicted molar refractivity (Wildman–Crippen MR) is 74.1 cm³/mol. The van der Waals surface area contributed by atoms with Crippen LogP contribution < -0.4 is 5.32 Å². The van der Waals surface area contributed by atoms with Gasteiger partial charge in [-0.1, -0.05) is 20.3 Å². The second-order valence-electron chi connectivity index (χ2n) is 6.49. The van der Waals surface area contributed by atoms with Crippen LogP contribution in [0.3, 0.4) is 0 Å². The Bertz CT molecular complexity index is 227. The van der Waals surface area contributed by atoms with E-state index in [4.69, 9.17) is 0 Å². The third-order valence-corrected chi connectivity index (χ3v) is 5.49. The molecule has 0 aromatic rings. The van der Waals surface area contributed by atoms with Crippen LogP contribution in [0.15, 0.2) is 0 Å². The molecule has 3 unspecified atom stereocenters. The molecule has 0 amide bonds. The molecule has 0 aromatic heterocycles. The molecule has 2 rings (SSSR count). The topological polar surface area (TPSA) is 12.0 Å². The molecular formula is C14H27NS. The van der Waals surface area contributed by atoms with Gasteiger partial charge >= 0.3 is 0 Å². The second kappa shape index (κ2) is 5.30. The van der Waals surface area contributed by atoms with Gasteiger partial charge < -0.3 is 5.32 Å². The molecule has 2 aliphatic rings. The molecule has 2 saturated carbocycles. The van der Waals surface area contributed by atoms with Gasteiger partial charge in [0.1, 0.15) is 0 Å². The molecular weight excluding hydrogens is 214 g/mol. The molecule has 0 spiro atoms. The Hall–Kier alpha value is 0.310. The van der Waals surface area contributed by atoms with Crippen molar-refractivity contribution in [3.63, 3.8) is 0 Å². The van der Waals surface area contributed by atoms with Crippen LogP contribution in [0.5, 0.6) is 0 Å². The first-order chi connectivity index (χ1) is 7.59. The van der Waals surface area contributed by atoms with E-state index in [0.717, 1.165) is 17.3 Å². The van der Waals surface area contributed by atoms with Gasteiger partial charge in [0.2, 0.25) is 0 Å². The summed E-state index contributed by atoms with van der Waals surface area (Å²) in [5.41, 5.74) is 0.577. The van der Waals surface area contributed by atoms with Crippen LogP contribution in [0.2, 0.25) is 0 Å². The van der Waals surface area contributed by atoms with Crippen molar-refractivity contribution >= 4 is 11.8 Å². The smallest absolute Gasteiger partial charge is 0.00805 e. The Morgan fingerprint density at radius 3 is 2.56 bits per heavy atom. The molecule has 0 bridgehead atoms. The van der Waals surface area contributed by atoms with Gasteiger partial charge in [-0.05, 0) is 50.2 Å². The highest BCUT2D eigenvalue weighted by molar-refractivity contribution is 7.99. The van der Waals surface area contributed by atoms with Crippen LogP contribution in [-0.4, -0.2) is 23.6 Å². The number of thioether (sulfide) groups is 1. The van der Waals surface area contributed by atoms with Gasteiger partial charge in [-0.25, -0.2) is 0 Å². The fourth-order valence-corrected chi connectivity index (χ4v) is 4.28. The molecule has 0 aliphatic heterocycles. The van der Waals surface area contributed by atoms with E-state index in [0.29, 0.717) is 5.41 Å². The van der Waals surface area contributed by atoms with Crippen LogP contribution in [0.1, 0.15) is 58.8 Å². The van der Waals surface area contributed by atoms with Gasteiger partial charge in [0.25, 0.3) is 0 Å². The average molecular weight is 241 g/mol. The zero-order chi connectivity index (χ0) is 11.6. The molecule has 16 heavy (non-hydrogen) atoms. The van der Waals surface area contributed by atoms with E-state index in [1.165, 1.54) is 44.9 Å². The molecule has 3 atom stereocenters. The summed E-state index contributed by atoms with van der Waals surface area (Å²) < 4.78 is 0. The van der Waals surface area contributed by atoms with E-state index in [-0.39, 0.29) is 0 Å². The predicted octanol–water partition coefficient (Wildman–Crippen LogP) is 3.83. The standard InChI is InChI=1S/C14H27NS/c1-14(2)8-4-5-12(10-14)15-11-6-7-13(9-11)16-3/h11-13,15H,4-10H2,1-3H3. The summed E-state index contributed by atoms with van der Waals surface area (Å²) >= 11 is 2.06. The fraction of sp³-hybridized carbons (Fsp3) is 1.00. The third-order valence-electron chi connectivity index (χ3n) is 4.39. The van der Waals surface area contributed by atoms with Gasteiger partial charge in [0, 0.05) is 17.3 Å². The van der Waals surface area contributed by atoms with Crippen LogP contribution >= 0.6 is 11.8 Å². The van der Waals surface area contributed by atoms with E-state index >= 15 is 0 Å². The lowest BCUT2D eigenvalue weighted by Crippen LogP contribution is -2.42. The number of hydrogen-bond donors (Lipinski definition) is 1. The summed E-state index contributed by atoms with van der Waals surface area (Å²) in [5, 5.41) is 4.85. The third kappa shape index (κ3) is 3.40. The summed E-state index contributed by atoms with van der Waals surface area (Å²) in [6.07, 6.45) is 12.1. The zero-order valence-corrected chi connectivity index (χ0v) is 11.9. The SMILES string of the molecule is CSC1CCC(NC2CCCC(C)(C)C2)C1. The Morgan fingerprint density at radius 1 is 1.12 bits per heavy atom. The first-order valence-corrected chi connectivity index (χ1v) is 8.17. The van der Waals surface area contributed by atoms with Crippen LogP contribution in [0.4, 0.5) is 0 Å². The highest BCUT2D eigenvalue weighted by atomic mass is 32.2. The number of nitrogens with one attached hydrogen (secondary N) is 1. The van der Waals surface area contributed by atoms with Crippen molar-refractivity contribution in [1.82, 2.24) is 5.32 Å². The van der Waals surface area contributed by atoms with Gasteiger partial charge in [0.15, 0.2) is 0 Å². The van der Waals surface area contributed by atoms with Crippen molar-refractivity contribution in [2.24, 2.45) is 5.41 Å². The zero-order valence-electron chi connectivity index (χ0n) is 11.1. The van der Waals surface area contributed by atoms with E-state index in [9.17, 15) is 0 Å².